The Morgan fingerprint density at radius 3 is 2.44 bits per heavy atom. The van der Waals surface area contributed by atoms with Gasteiger partial charge in [-0.3, -0.25) is 4.98 Å². The van der Waals surface area contributed by atoms with E-state index in [-0.39, 0.29) is 5.41 Å². The molecule has 0 bridgehead atoms. The van der Waals surface area contributed by atoms with Crippen molar-refractivity contribution in [3.05, 3.63) is 53.2 Å². The summed E-state index contributed by atoms with van der Waals surface area (Å²) in [5, 5.41) is 0.746. The standard InChI is InChI=1S/C16H18ClN/c1-16(2,3)11-14-8-5-9-15(18-14)12-6-4-7-13(17)10-12/h4-10H,11H2,1-3H3. The van der Waals surface area contributed by atoms with Crippen molar-refractivity contribution in [2.45, 2.75) is 27.2 Å². The van der Waals surface area contributed by atoms with Crippen molar-refractivity contribution < 1.29 is 0 Å². The second-order valence-electron chi connectivity index (χ2n) is 5.76. The normalized spacial score (nSPS) is 11.6. The van der Waals surface area contributed by atoms with Crippen LogP contribution in [-0.2, 0) is 6.42 Å². The summed E-state index contributed by atoms with van der Waals surface area (Å²) < 4.78 is 0. The number of rotatable bonds is 2. The van der Waals surface area contributed by atoms with Crippen molar-refractivity contribution in [2.24, 2.45) is 5.41 Å². The van der Waals surface area contributed by atoms with E-state index in [1.165, 1.54) is 0 Å². The van der Waals surface area contributed by atoms with Gasteiger partial charge in [0.05, 0.1) is 5.69 Å². The van der Waals surface area contributed by atoms with Crippen LogP contribution in [-0.4, -0.2) is 4.98 Å². The molecule has 1 aromatic heterocycles. The lowest BCUT2D eigenvalue weighted by Crippen LogP contribution is -2.10. The van der Waals surface area contributed by atoms with E-state index in [0.717, 1.165) is 28.4 Å². The molecule has 0 saturated carbocycles. The SMILES string of the molecule is CC(C)(C)Cc1cccc(-c2cccc(Cl)c2)n1. The number of hydrogen-bond donors (Lipinski definition) is 0. The summed E-state index contributed by atoms with van der Waals surface area (Å²) in [5.41, 5.74) is 3.43. The van der Waals surface area contributed by atoms with Crippen LogP contribution in [0.1, 0.15) is 26.5 Å². The van der Waals surface area contributed by atoms with E-state index >= 15 is 0 Å². The first kappa shape index (κ1) is 13.1. The quantitative estimate of drug-likeness (QED) is 0.740. The Morgan fingerprint density at radius 2 is 1.78 bits per heavy atom. The van der Waals surface area contributed by atoms with Gasteiger partial charge in [0.15, 0.2) is 0 Å². The lowest BCUT2D eigenvalue weighted by Gasteiger charge is -2.17. The van der Waals surface area contributed by atoms with Gasteiger partial charge in [-0.2, -0.15) is 0 Å². The Kier molecular flexibility index (Phi) is 3.72. The lowest BCUT2D eigenvalue weighted by molar-refractivity contribution is 0.406. The molecule has 2 rings (SSSR count). The summed E-state index contributed by atoms with van der Waals surface area (Å²) >= 11 is 6.01. The van der Waals surface area contributed by atoms with Gasteiger partial charge < -0.3 is 0 Å². The van der Waals surface area contributed by atoms with Crippen LogP contribution in [0, 0.1) is 5.41 Å². The molecular formula is C16H18ClN. The van der Waals surface area contributed by atoms with Crippen molar-refractivity contribution >= 4 is 11.6 Å². The topological polar surface area (TPSA) is 12.9 Å². The summed E-state index contributed by atoms with van der Waals surface area (Å²) in [6.45, 7) is 6.67. The molecule has 0 aliphatic rings. The van der Waals surface area contributed by atoms with E-state index < -0.39 is 0 Å². The maximum atomic E-state index is 6.01. The first-order valence-corrected chi connectivity index (χ1v) is 6.54. The van der Waals surface area contributed by atoms with Crippen molar-refractivity contribution in [3.63, 3.8) is 0 Å². The Hall–Kier alpha value is -1.34. The fraction of sp³-hybridized carbons (Fsp3) is 0.312. The second kappa shape index (κ2) is 5.11. The highest BCUT2D eigenvalue weighted by atomic mass is 35.5. The van der Waals surface area contributed by atoms with Gasteiger partial charge in [-0.15, -0.1) is 0 Å². The smallest absolute Gasteiger partial charge is 0.0705 e. The number of hydrogen-bond acceptors (Lipinski definition) is 1. The fourth-order valence-electron chi connectivity index (χ4n) is 1.93. The van der Waals surface area contributed by atoms with E-state index in [1.54, 1.807) is 0 Å². The molecule has 2 aromatic rings. The van der Waals surface area contributed by atoms with Gasteiger partial charge in [0.1, 0.15) is 0 Å². The summed E-state index contributed by atoms with van der Waals surface area (Å²) in [5.74, 6) is 0. The second-order valence-corrected chi connectivity index (χ2v) is 6.20. The Morgan fingerprint density at radius 1 is 1.06 bits per heavy atom. The Bertz CT molecular complexity index is 541. The molecule has 1 nitrogen and oxygen atoms in total. The van der Waals surface area contributed by atoms with E-state index in [2.05, 4.69) is 32.9 Å². The molecule has 0 fully saturated rings. The molecule has 18 heavy (non-hydrogen) atoms. The third-order valence-electron chi connectivity index (χ3n) is 2.64. The van der Waals surface area contributed by atoms with Gasteiger partial charge >= 0.3 is 0 Å². The van der Waals surface area contributed by atoms with Gasteiger partial charge in [-0.05, 0) is 36.1 Å². The van der Waals surface area contributed by atoms with Crippen LogP contribution in [0.2, 0.25) is 5.02 Å². The van der Waals surface area contributed by atoms with Crippen molar-refractivity contribution in [1.82, 2.24) is 4.98 Å². The maximum Gasteiger partial charge on any atom is 0.0705 e. The zero-order valence-corrected chi connectivity index (χ0v) is 11.8. The first-order chi connectivity index (χ1) is 8.44. The molecule has 0 saturated heterocycles. The largest absolute Gasteiger partial charge is 0.253 e. The third kappa shape index (κ3) is 3.58. The van der Waals surface area contributed by atoms with Crippen LogP contribution in [0.4, 0.5) is 0 Å². The molecule has 0 unspecified atom stereocenters. The molecule has 1 aromatic carbocycles. The summed E-state index contributed by atoms with van der Waals surface area (Å²) in [7, 11) is 0. The van der Waals surface area contributed by atoms with Crippen LogP contribution in [0.15, 0.2) is 42.5 Å². The maximum absolute atomic E-state index is 6.01. The van der Waals surface area contributed by atoms with E-state index in [9.17, 15) is 0 Å². The molecule has 94 valence electrons. The van der Waals surface area contributed by atoms with E-state index in [1.807, 2.05) is 30.3 Å². The predicted molar refractivity (Wildman–Crippen MR) is 77.8 cm³/mol. The molecule has 1 heterocycles. The first-order valence-electron chi connectivity index (χ1n) is 6.16. The van der Waals surface area contributed by atoms with Crippen LogP contribution >= 0.6 is 11.6 Å². The highest BCUT2D eigenvalue weighted by Gasteiger charge is 2.12. The number of halogens is 1. The minimum absolute atomic E-state index is 0.250. The Labute approximate surface area is 114 Å². The average Bonchev–Trinajstić information content (AvgIpc) is 2.27. The molecule has 0 aliphatic carbocycles. The number of pyridine rings is 1. The number of nitrogens with zero attached hydrogens (tertiary/aromatic N) is 1. The minimum atomic E-state index is 0.250. The zero-order chi connectivity index (χ0) is 13.2. The summed E-state index contributed by atoms with van der Waals surface area (Å²) in [6.07, 6.45) is 0.974. The van der Waals surface area contributed by atoms with Gasteiger partial charge in [0.2, 0.25) is 0 Å². The number of benzene rings is 1. The zero-order valence-electron chi connectivity index (χ0n) is 11.1. The highest BCUT2D eigenvalue weighted by molar-refractivity contribution is 6.30. The Balaban J connectivity index is 2.33. The molecule has 0 N–H and O–H groups in total. The van der Waals surface area contributed by atoms with Gasteiger partial charge in [0, 0.05) is 16.3 Å². The minimum Gasteiger partial charge on any atom is -0.253 e. The van der Waals surface area contributed by atoms with Crippen LogP contribution in [0.5, 0.6) is 0 Å². The van der Waals surface area contributed by atoms with Crippen LogP contribution in [0.25, 0.3) is 11.3 Å². The molecule has 0 spiro atoms. The van der Waals surface area contributed by atoms with Crippen molar-refractivity contribution in [3.8, 4) is 11.3 Å². The predicted octanol–water partition coefficient (Wildman–Crippen LogP) is 4.99. The van der Waals surface area contributed by atoms with Gasteiger partial charge in [0.25, 0.3) is 0 Å². The van der Waals surface area contributed by atoms with Gasteiger partial charge in [-0.1, -0.05) is 50.6 Å². The van der Waals surface area contributed by atoms with Gasteiger partial charge in [-0.25, -0.2) is 0 Å². The lowest BCUT2D eigenvalue weighted by atomic mass is 9.90. The molecule has 0 aliphatic heterocycles. The van der Waals surface area contributed by atoms with Crippen molar-refractivity contribution in [1.29, 1.82) is 0 Å². The molecule has 0 amide bonds. The van der Waals surface area contributed by atoms with E-state index in [0.29, 0.717) is 0 Å². The molecule has 0 radical (unpaired) electrons. The fourth-order valence-corrected chi connectivity index (χ4v) is 2.12. The van der Waals surface area contributed by atoms with Crippen molar-refractivity contribution in [2.75, 3.05) is 0 Å². The highest BCUT2D eigenvalue weighted by Crippen LogP contribution is 2.24. The number of aromatic nitrogens is 1. The van der Waals surface area contributed by atoms with E-state index in [4.69, 9.17) is 16.6 Å². The van der Waals surface area contributed by atoms with Crippen LogP contribution in [0.3, 0.4) is 0 Å². The summed E-state index contributed by atoms with van der Waals surface area (Å²) in [4.78, 5) is 4.71. The molecular weight excluding hydrogens is 242 g/mol. The summed E-state index contributed by atoms with van der Waals surface area (Å²) in [6, 6.07) is 14.0. The average molecular weight is 260 g/mol. The molecule has 0 atom stereocenters. The van der Waals surface area contributed by atoms with Crippen LogP contribution < -0.4 is 0 Å². The molecule has 2 heteroatoms. The monoisotopic (exact) mass is 259 g/mol. The third-order valence-corrected chi connectivity index (χ3v) is 2.87.